The molecule has 54 heavy (non-hydrogen) atoms. The van der Waals surface area contributed by atoms with Gasteiger partial charge in [-0.05, 0) is 80.4 Å². The van der Waals surface area contributed by atoms with Crippen LogP contribution in [0.1, 0.15) is 26.3 Å². The van der Waals surface area contributed by atoms with Crippen LogP contribution in [0.25, 0.3) is 49.2 Å². The van der Waals surface area contributed by atoms with Crippen LogP contribution in [0, 0.1) is 18.8 Å². The van der Waals surface area contributed by atoms with Crippen LogP contribution in [0.15, 0.2) is 146 Å². The number of pyridine rings is 2. The Morgan fingerprint density at radius 3 is 2.26 bits per heavy atom. The van der Waals surface area contributed by atoms with Gasteiger partial charge in [-0.1, -0.05) is 92.6 Å². The summed E-state index contributed by atoms with van der Waals surface area (Å²) in [6.45, 7) is 8.74. The van der Waals surface area contributed by atoms with Crippen LogP contribution < -0.4 is 14.5 Å². The molecule has 0 atom stereocenters. The number of rotatable bonds is 5. The van der Waals surface area contributed by atoms with E-state index in [0.29, 0.717) is 11.5 Å². The second-order valence-electron chi connectivity index (χ2n) is 14.5. The molecule has 266 valence electrons. The van der Waals surface area contributed by atoms with Crippen molar-refractivity contribution < 1.29 is 25.8 Å². The molecular weight excluding hydrogens is 846 g/mol. The topological polar surface area (TPSA) is 46.4 Å². The van der Waals surface area contributed by atoms with E-state index in [2.05, 4.69) is 157 Å². The summed E-state index contributed by atoms with van der Waals surface area (Å²) in [6, 6.07) is 53.4. The van der Waals surface area contributed by atoms with Gasteiger partial charge in [0.1, 0.15) is 11.6 Å². The minimum Gasteiger partial charge on any atom is -0.509 e. The fourth-order valence-corrected chi connectivity index (χ4v) is 7.45. The van der Waals surface area contributed by atoms with Crippen molar-refractivity contribution in [3.8, 4) is 17.3 Å². The van der Waals surface area contributed by atoms with Gasteiger partial charge in [0, 0.05) is 56.2 Å². The Balaban J connectivity index is 0.00000384. The molecular formula is C47H34N5OPt-3. The predicted molar refractivity (Wildman–Crippen MR) is 216 cm³/mol. The van der Waals surface area contributed by atoms with Crippen LogP contribution in [0.3, 0.4) is 0 Å². The van der Waals surface area contributed by atoms with Crippen molar-refractivity contribution in [3.05, 3.63) is 170 Å². The molecule has 0 saturated carbocycles. The molecule has 6 nitrogen and oxygen atoms in total. The van der Waals surface area contributed by atoms with Gasteiger partial charge in [-0.25, -0.2) is 9.97 Å². The van der Waals surface area contributed by atoms with Gasteiger partial charge in [0.25, 0.3) is 0 Å². The minimum absolute atomic E-state index is 0. The number of aromatic nitrogens is 3. The van der Waals surface area contributed by atoms with Crippen LogP contribution in [-0.4, -0.2) is 14.5 Å². The van der Waals surface area contributed by atoms with Crippen molar-refractivity contribution in [2.45, 2.75) is 26.2 Å². The largest absolute Gasteiger partial charge is 0.509 e. The SMILES string of the molecule is CC(C)(C)c1ccnc(-n2c3[c-]c(Oc4[c-]c(N5[CH-]N(c6ccc7ccc8ccccc8c7c6)c6cccnc65)ccc4)ccc3c3ccccc32)c1.[Pt]. The van der Waals surface area contributed by atoms with Crippen molar-refractivity contribution in [3.63, 3.8) is 0 Å². The molecule has 1 aliphatic rings. The summed E-state index contributed by atoms with van der Waals surface area (Å²) in [6.07, 6.45) is 3.72. The summed E-state index contributed by atoms with van der Waals surface area (Å²) < 4.78 is 8.70. The Bertz CT molecular complexity index is 2870. The third kappa shape index (κ3) is 5.69. The molecule has 0 amide bonds. The van der Waals surface area contributed by atoms with E-state index in [1.54, 1.807) is 0 Å². The smallest absolute Gasteiger partial charge is 0.135 e. The maximum Gasteiger partial charge on any atom is 0.135 e. The monoisotopic (exact) mass is 879 g/mol. The van der Waals surface area contributed by atoms with Crippen molar-refractivity contribution in [1.29, 1.82) is 0 Å². The Labute approximate surface area is 328 Å². The first kappa shape index (κ1) is 33.8. The number of ether oxygens (including phenoxy) is 1. The number of anilines is 4. The van der Waals surface area contributed by atoms with Crippen molar-refractivity contribution >= 4 is 66.2 Å². The van der Waals surface area contributed by atoms with Crippen LogP contribution in [0.5, 0.6) is 11.5 Å². The zero-order valence-corrected chi connectivity index (χ0v) is 32.2. The van der Waals surface area contributed by atoms with E-state index in [-0.39, 0.29) is 26.5 Å². The minimum atomic E-state index is -0.0144. The third-order valence-corrected chi connectivity index (χ3v) is 10.1. The van der Waals surface area contributed by atoms with Crippen LogP contribution in [-0.2, 0) is 26.5 Å². The number of benzene rings is 6. The summed E-state index contributed by atoms with van der Waals surface area (Å²) in [4.78, 5) is 13.9. The van der Waals surface area contributed by atoms with E-state index in [1.807, 2.05) is 42.7 Å². The van der Waals surface area contributed by atoms with Crippen LogP contribution in [0.4, 0.5) is 22.9 Å². The normalized spacial score (nSPS) is 12.8. The molecule has 0 spiro atoms. The van der Waals surface area contributed by atoms with Gasteiger partial charge in [0.15, 0.2) is 0 Å². The second-order valence-corrected chi connectivity index (χ2v) is 14.5. The second kappa shape index (κ2) is 13.2. The van der Waals surface area contributed by atoms with Crippen LogP contribution in [0.2, 0.25) is 0 Å². The van der Waals surface area contributed by atoms with E-state index >= 15 is 0 Å². The maximum absolute atomic E-state index is 6.52. The number of nitrogens with zero attached hydrogens (tertiary/aromatic N) is 5. The van der Waals surface area contributed by atoms with E-state index < -0.39 is 0 Å². The third-order valence-electron chi connectivity index (χ3n) is 10.1. The number of hydrogen-bond donors (Lipinski definition) is 0. The van der Waals surface area contributed by atoms with Gasteiger partial charge in [-0.3, -0.25) is 0 Å². The molecule has 0 bridgehead atoms. The first-order valence-electron chi connectivity index (χ1n) is 17.8. The van der Waals surface area contributed by atoms with E-state index in [1.165, 1.54) is 27.1 Å². The Kier molecular flexibility index (Phi) is 8.24. The first-order chi connectivity index (χ1) is 25.9. The molecule has 4 heterocycles. The van der Waals surface area contributed by atoms with Gasteiger partial charge in [-0.15, -0.1) is 42.4 Å². The summed E-state index contributed by atoms with van der Waals surface area (Å²) in [5.74, 6) is 2.85. The van der Waals surface area contributed by atoms with Gasteiger partial charge < -0.3 is 19.1 Å². The predicted octanol–water partition coefficient (Wildman–Crippen LogP) is 12.0. The van der Waals surface area contributed by atoms with Crippen molar-refractivity contribution in [2.24, 2.45) is 0 Å². The number of hydrogen-bond acceptors (Lipinski definition) is 5. The molecule has 0 N–H and O–H groups in total. The standard InChI is InChI=1S/C47H34N5O.Pt/c1-47(2,3)33-23-25-48-45(26-33)52-42-15-7-6-14-39(42)40-22-21-37(29-44(40)52)53-36-12-8-11-34(27-36)51-30-50(43-16-9-24-49-46(43)51)35-20-19-32-18-17-31-10-4-5-13-38(31)41(32)28-35;/h4-26,28,30H,1-3H3;/q-3;. The molecule has 9 aromatic rings. The quantitative estimate of drug-likeness (QED) is 0.127. The van der Waals surface area contributed by atoms with Gasteiger partial charge >= 0.3 is 0 Å². The van der Waals surface area contributed by atoms with Crippen molar-refractivity contribution in [1.82, 2.24) is 14.5 Å². The van der Waals surface area contributed by atoms with E-state index in [4.69, 9.17) is 14.7 Å². The fourth-order valence-electron chi connectivity index (χ4n) is 7.45. The van der Waals surface area contributed by atoms with Gasteiger partial charge in [-0.2, -0.15) is 12.1 Å². The van der Waals surface area contributed by atoms with E-state index in [0.717, 1.165) is 50.5 Å². The molecule has 0 radical (unpaired) electrons. The average molecular weight is 880 g/mol. The maximum atomic E-state index is 6.52. The molecule has 0 saturated heterocycles. The molecule has 0 aliphatic carbocycles. The van der Waals surface area contributed by atoms with Crippen molar-refractivity contribution in [2.75, 3.05) is 9.80 Å². The zero-order valence-electron chi connectivity index (χ0n) is 29.9. The molecule has 7 heteroatoms. The average Bonchev–Trinajstić information content (AvgIpc) is 3.74. The summed E-state index contributed by atoms with van der Waals surface area (Å²) >= 11 is 0. The number of fused-ring (bicyclic) bond motifs is 7. The molecule has 6 aromatic carbocycles. The van der Waals surface area contributed by atoms with E-state index in [9.17, 15) is 0 Å². The number of para-hydroxylation sites is 1. The Morgan fingerprint density at radius 1 is 0.611 bits per heavy atom. The molecule has 1 aliphatic heterocycles. The summed E-state index contributed by atoms with van der Waals surface area (Å²) in [7, 11) is 0. The van der Waals surface area contributed by atoms with Gasteiger partial charge in [0.2, 0.25) is 0 Å². The molecule has 0 fully saturated rings. The fraction of sp³-hybridized carbons (Fsp3) is 0.0851. The Morgan fingerprint density at radius 2 is 1.39 bits per heavy atom. The van der Waals surface area contributed by atoms with Gasteiger partial charge in [0.05, 0.1) is 5.69 Å². The zero-order chi connectivity index (χ0) is 35.7. The Hall–Kier alpha value is -5.97. The molecule has 3 aromatic heterocycles. The first-order valence-corrected chi connectivity index (χ1v) is 17.8. The van der Waals surface area contributed by atoms with Crippen LogP contribution >= 0.6 is 0 Å². The molecule has 10 rings (SSSR count). The summed E-state index contributed by atoms with van der Waals surface area (Å²) in [5.41, 5.74) is 6.04. The molecule has 0 unspecified atom stereocenters. The summed E-state index contributed by atoms with van der Waals surface area (Å²) in [5, 5.41) is 7.11.